The molecule has 1 amide bonds. The van der Waals surface area contributed by atoms with Crippen molar-refractivity contribution in [2.45, 2.75) is 18.9 Å². The highest BCUT2D eigenvalue weighted by Gasteiger charge is 2.33. The number of anilines is 1. The molecule has 0 aromatic carbocycles. The number of carbonyl (C=O) groups excluding carboxylic acids is 1. The fraction of sp³-hybridized carbons (Fsp3) is 0.500. The number of piperidine rings is 1. The number of amides is 1. The van der Waals surface area contributed by atoms with Crippen LogP contribution < -0.4 is 10.1 Å². The maximum Gasteiger partial charge on any atom is 0.320 e. The molecule has 2 rings (SSSR count). The highest BCUT2D eigenvalue weighted by Crippen LogP contribution is 2.22. The number of likely N-dealkylation sites (tertiary alicyclic amines) is 1. The van der Waals surface area contributed by atoms with E-state index in [1.807, 2.05) is 0 Å². The van der Waals surface area contributed by atoms with E-state index in [4.69, 9.17) is 9.84 Å². The van der Waals surface area contributed by atoms with Gasteiger partial charge in [0.25, 0.3) is 0 Å². The first kappa shape index (κ1) is 15.2. The Kier molecular flexibility index (Phi) is 4.74. The molecule has 1 aromatic heterocycles. The summed E-state index contributed by atoms with van der Waals surface area (Å²) in [6.45, 7) is 0.430. The molecule has 7 nitrogen and oxygen atoms in total. The lowest BCUT2D eigenvalue weighted by Crippen LogP contribution is -2.48. The highest BCUT2D eigenvalue weighted by atomic mass is 16.5. The number of rotatable bonds is 4. The molecule has 0 radical (unpaired) electrons. The number of ether oxygens (including phenoxy) is 1. The van der Waals surface area contributed by atoms with Crippen molar-refractivity contribution in [3.8, 4) is 5.75 Å². The summed E-state index contributed by atoms with van der Waals surface area (Å²) in [5.74, 6) is -0.121. The number of hydrogen-bond donors (Lipinski definition) is 2. The summed E-state index contributed by atoms with van der Waals surface area (Å²) < 4.78 is 5.00. The van der Waals surface area contributed by atoms with Gasteiger partial charge in [-0.15, -0.1) is 0 Å². The Hall–Kier alpha value is -2.15. The van der Waals surface area contributed by atoms with E-state index in [0.29, 0.717) is 31.0 Å². The van der Waals surface area contributed by atoms with E-state index in [0.717, 1.165) is 0 Å². The minimum Gasteiger partial charge on any atom is -0.495 e. The summed E-state index contributed by atoms with van der Waals surface area (Å²) >= 11 is 0. The molecule has 0 saturated carbocycles. The number of nitrogens with zero attached hydrogens (tertiary/aromatic N) is 2. The molecule has 2 N–H and O–H groups in total. The van der Waals surface area contributed by atoms with Crippen molar-refractivity contribution < 1.29 is 19.4 Å². The lowest BCUT2D eigenvalue weighted by molar-refractivity contribution is -0.145. The number of likely N-dealkylation sites (N-methyl/N-ethyl adjacent to an activating group) is 1. The van der Waals surface area contributed by atoms with Gasteiger partial charge in [-0.2, -0.15) is 0 Å². The number of hydrogen-bond acceptors (Lipinski definition) is 5. The first-order valence-electron chi connectivity index (χ1n) is 6.75. The van der Waals surface area contributed by atoms with Gasteiger partial charge in [0, 0.05) is 6.54 Å². The van der Waals surface area contributed by atoms with Gasteiger partial charge in [-0.3, -0.25) is 14.5 Å². The van der Waals surface area contributed by atoms with Crippen molar-refractivity contribution in [2.75, 3.05) is 26.0 Å². The molecule has 1 saturated heterocycles. The topological polar surface area (TPSA) is 91.8 Å². The highest BCUT2D eigenvalue weighted by molar-refractivity contribution is 5.92. The summed E-state index contributed by atoms with van der Waals surface area (Å²) in [7, 11) is 3.27. The standard InChI is InChI=1S/C14H19N3O4/c1-17-8-9(3-5-11(17)14(19)20)13(18)16-12-6-4-10(21-2)7-15-12/h4,6-7,9,11H,3,5,8H2,1-2H3,(H,19,20)(H,15,16,18). The number of nitrogens with one attached hydrogen (secondary N) is 1. The Balaban J connectivity index is 1.93. The quantitative estimate of drug-likeness (QED) is 0.854. The molecular weight excluding hydrogens is 274 g/mol. The Morgan fingerprint density at radius 3 is 2.71 bits per heavy atom. The van der Waals surface area contributed by atoms with Gasteiger partial charge in [0.2, 0.25) is 5.91 Å². The van der Waals surface area contributed by atoms with Crippen LogP contribution in [0.5, 0.6) is 5.75 Å². The lowest BCUT2D eigenvalue weighted by atomic mass is 9.92. The van der Waals surface area contributed by atoms with Crippen molar-refractivity contribution in [3.05, 3.63) is 18.3 Å². The number of aliphatic carboxylic acids is 1. The molecule has 1 aliphatic rings. The van der Waals surface area contributed by atoms with Gasteiger partial charge in [-0.25, -0.2) is 4.98 Å². The zero-order valence-corrected chi connectivity index (χ0v) is 12.1. The van der Waals surface area contributed by atoms with Crippen LogP contribution in [0.15, 0.2) is 18.3 Å². The van der Waals surface area contributed by atoms with E-state index < -0.39 is 12.0 Å². The maximum atomic E-state index is 12.2. The van der Waals surface area contributed by atoms with E-state index in [2.05, 4.69) is 10.3 Å². The molecule has 0 aliphatic carbocycles. The summed E-state index contributed by atoms with van der Waals surface area (Å²) in [5, 5.41) is 11.8. The van der Waals surface area contributed by atoms with Gasteiger partial charge in [0.15, 0.2) is 0 Å². The van der Waals surface area contributed by atoms with Crippen molar-refractivity contribution >= 4 is 17.7 Å². The zero-order valence-electron chi connectivity index (χ0n) is 12.1. The van der Waals surface area contributed by atoms with Crippen LogP contribution in [-0.4, -0.2) is 53.6 Å². The van der Waals surface area contributed by atoms with Crippen LogP contribution in [0.3, 0.4) is 0 Å². The molecule has 21 heavy (non-hydrogen) atoms. The van der Waals surface area contributed by atoms with Crippen molar-refractivity contribution in [1.29, 1.82) is 0 Å². The average molecular weight is 293 g/mol. The first-order chi connectivity index (χ1) is 10.0. The fourth-order valence-corrected chi connectivity index (χ4v) is 2.47. The van der Waals surface area contributed by atoms with Gasteiger partial charge in [-0.1, -0.05) is 0 Å². The molecule has 1 fully saturated rings. The van der Waals surface area contributed by atoms with Gasteiger partial charge in [-0.05, 0) is 32.0 Å². The first-order valence-corrected chi connectivity index (χ1v) is 6.75. The second kappa shape index (κ2) is 6.53. The van der Waals surface area contributed by atoms with Crippen molar-refractivity contribution in [1.82, 2.24) is 9.88 Å². The number of carbonyl (C=O) groups is 2. The monoisotopic (exact) mass is 293 g/mol. The largest absolute Gasteiger partial charge is 0.495 e. The number of carboxylic acids is 1. The van der Waals surface area contributed by atoms with Gasteiger partial charge in [0.1, 0.15) is 17.6 Å². The average Bonchev–Trinajstić information content (AvgIpc) is 2.47. The van der Waals surface area contributed by atoms with Crippen LogP contribution in [0.4, 0.5) is 5.82 Å². The molecule has 7 heteroatoms. The molecule has 114 valence electrons. The van der Waals surface area contributed by atoms with Gasteiger partial charge >= 0.3 is 5.97 Å². The van der Waals surface area contributed by atoms with Gasteiger partial charge < -0.3 is 15.2 Å². The zero-order chi connectivity index (χ0) is 15.4. The minimum absolute atomic E-state index is 0.136. The van der Waals surface area contributed by atoms with Gasteiger partial charge in [0.05, 0.1) is 19.2 Å². The van der Waals surface area contributed by atoms with Crippen LogP contribution in [0, 0.1) is 5.92 Å². The molecular formula is C14H19N3O4. The number of pyridine rings is 1. The third-order valence-corrected chi connectivity index (χ3v) is 3.71. The van der Waals surface area contributed by atoms with Crippen molar-refractivity contribution in [3.63, 3.8) is 0 Å². The van der Waals surface area contributed by atoms with Crippen LogP contribution in [0.1, 0.15) is 12.8 Å². The minimum atomic E-state index is -0.840. The van der Waals surface area contributed by atoms with E-state index in [1.165, 1.54) is 6.20 Å². The Bertz CT molecular complexity index is 517. The number of methoxy groups -OCH3 is 1. The summed E-state index contributed by atoms with van der Waals surface area (Å²) in [4.78, 5) is 29.0. The predicted octanol–water partition coefficient (Wildman–Crippen LogP) is 0.824. The number of aromatic nitrogens is 1. The summed E-state index contributed by atoms with van der Waals surface area (Å²) in [5.41, 5.74) is 0. The van der Waals surface area contributed by atoms with Crippen LogP contribution in [0.2, 0.25) is 0 Å². The molecule has 0 bridgehead atoms. The summed E-state index contributed by atoms with van der Waals surface area (Å²) in [6.07, 6.45) is 2.56. The number of carboxylic acid groups (broad SMARTS) is 1. The predicted molar refractivity (Wildman–Crippen MR) is 76.2 cm³/mol. The fourth-order valence-electron chi connectivity index (χ4n) is 2.47. The Labute approximate surface area is 122 Å². The van der Waals surface area contributed by atoms with E-state index >= 15 is 0 Å². The molecule has 1 aromatic rings. The van der Waals surface area contributed by atoms with Crippen LogP contribution in [0.25, 0.3) is 0 Å². The second-order valence-electron chi connectivity index (χ2n) is 5.14. The van der Waals surface area contributed by atoms with Crippen molar-refractivity contribution in [2.24, 2.45) is 5.92 Å². The van der Waals surface area contributed by atoms with Crippen LogP contribution in [-0.2, 0) is 9.59 Å². The van der Waals surface area contributed by atoms with E-state index in [9.17, 15) is 9.59 Å². The molecule has 1 aliphatic heterocycles. The normalized spacial score (nSPS) is 22.6. The smallest absolute Gasteiger partial charge is 0.320 e. The van der Waals surface area contributed by atoms with Crippen LogP contribution >= 0.6 is 0 Å². The molecule has 2 unspecified atom stereocenters. The molecule has 0 spiro atoms. The SMILES string of the molecule is COc1ccc(NC(=O)C2CCC(C(=O)O)N(C)C2)nc1. The van der Waals surface area contributed by atoms with E-state index in [1.54, 1.807) is 31.2 Å². The van der Waals surface area contributed by atoms with E-state index in [-0.39, 0.29) is 11.8 Å². The maximum absolute atomic E-state index is 12.2. The third kappa shape index (κ3) is 3.69. The Morgan fingerprint density at radius 1 is 1.43 bits per heavy atom. The molecule has 2 atom stereocenters. The second-order valence-corrected chi connectivity index (χ2v) is 5.14. The summed E-state index contributed by atoms with van der Waals surface area (Å²) in [6, 6.07) is 2.88. The Morgan fingerprint density at radius 2 is 2.19 bits per heavy atom. The molecule has 2 heterocycles. The third-order valence-electron chi connectivity index (χ3n) is 3.71. The lowest BCUT2D eigenvalue weighted by Gasteiger charge is -2.33.